The van der Waals surface area contributed by atoms with Crippen LogP contribution in [0.1, 0.15) is 32.3 Å². The quantitative estimate of drug-likeness (QED) is 0.679. The maximum absolute atomic E-state index is 11.8. The van der Waals surface area contributed by atoms with Crippen LogP contribution in [0, 0.1) is 0 Å². The predicted molar refractivity (Wildman–Crippen MR) is 73.1 cm³/mol. The number of methoxy groups -OCH3 is 1. The van der Waals surface area contributed by atoms with Crippen LogP contribution in [-0.2, 0) is 20.9 Å². The molecule has 1 aromatic carbocycles. The van der Waals surface area contributed by atoms with Crippen LogP contribution in [0.5, 0.6) is 5.75 Å². The van der Waals surface area contributed by atoms with Crippen molar-refractivity contribution in [3.8, 4) is 5.75 Å². The first-order chi connectivity index (χ1) is 9.21. The summed E-state index contributed by atoms with van der Waals surface area (Å²) in [6.07, 6.45) is 0.969. The van der Waals surface area contributed by atoms with Crippen molar-refractivity contribution in [1.29, 1.82) is 0 Å². The second kappa shape index (κ2) is 8.53. The number of carbonyl (C=O) groups excluding carboxylic acids is 1. The first-order valence-electron chi connectivity index (χ1n) is 6.62. The van der Waals surface area contributed by atoms with E-state index in [1.54, 1.807) is 14.0 Å². The van der Waals surface area contributed by atoms with Gasteiger partial charge in [-0.15, -0.1) is 0 Å². The van der Waals surface area contributed by atoms with E-state index < -0.39 is 6.10 Å². The minimum atomic E-state index is -0.539. The van der Waals surface area contributed by atoms with E-state index >= 15 is 0 Å². The van der Waals surface area contributed by atoms with Crippen LogP contribution in [0.15, 0.2) is 24.3 Å². The number of esters is 1. The van der Waals surface area contributed by atoms with E-state index in [2.05, 4.69) is 0 Å². The van der Waals surface area contributed by atoms with Gasteiger partial charge in [-0.05, 0) is 31.0 Å². The molecule has 0 bridgehead atoms. The van der Waals surface area contributed by atoms with E-state index in [1.165, 1.54) is 0 Å². The molecule has 0 N–H and O–H groups in total. The van der Waals surface area contributed by atoms with Gasteiger partial charge in [0.15, 0.2) is 6.10 Å². The van der Waals surface area contributed by atoms with Gasteiger partial charge in [-0.2, -0.15) is 0 Å². The first-order valence-corrected chi connectivity index (χ1v) is 6.62. The predicted octanol–water partition coefficient (Wildman–Crippen LogP) is 2.94. The molecule has 0 heterocycles. The fraction of sp³-hybridized carbons (Fsp3) is 0.533. The molecule has 0 radical (unpaired) electrons. The summed E-state index contributed by atoms with van der Waals surface area (Å²) in [5.74, 6) is 0.363. The molecule has 1 rings (SSSR count). The van der Waals surface area contributed by atoms with E-state index in [4.69, 9.17) is 14.2 Å². The Kier molecular flexibility index (Phi) is 6.97. The number of benzene rings is 1. The molecule has 1 aromatic rings. The Labute approximate surface area is 114 Å². The Morgan fingerprint density at radius 2 is 2.11 bits per heavy atom. The first kappa shape index (κ1) is 15.5. The highest BCUT2D eigenvalue weighted by molar-refractivity contribution is 5.75. The molecule has 0 aliphatic heterocycles. The monoisotopic (exact) mass is 266 g/mol. The van der Waals surface area contributed by atoms with E-state index in [1.807, 2.05) is 31.2 Å². The SMILES string of the molecule is CCCC(Oc1cccc(COC)c1)C(=O)OCC. The molecule has 0 spiro atoms. The van der Waals surface area contributed by atoms with Crippen LogP contribution in [0.25, 0.3) is 0 Å². The molecule has 4 nitrogen and oxygen atoms in total. The van der Waals surface area contributed by atoms with E-state index in [0.29, 0.717) is 25.4 Å². The highest BCUT2D eigenvalue weighted by Gasteiger charge is 2.20. The zero-order valence-corrected chi connectivity index (χ0v) is 11.8. The van der Waals surface area contributed by atoms with Gasteiger partial charge < -0.3 is 14.2 Å². The van der Waals surface area contributed by atoms with Gasteiger partial charge in [0, 0.05) is 7.11 Å². The Hall–Kier alpha value is -1.55. The zero-order valence-electron chi connectivity index (χ0n) is 11.8. The Morgan fingerprint density at radius 3 is 2.74 bits per heavy atom. The molecule has 0 aliphatic carbocycles. The second-order valence-electron chi connectivity index (χ2n) is 4.23. The van der Waals surface area contributed by atoms with Gasteiger partial charge in [-0.3, -0.25) is 0 Å². The fourth-order valence-corrected chi connectivity index (χ4v) is 1.76. The summed E-state index contributed by atoms with van der Waals surface area (Å²) < 4.78 is 15.8. The molecule has 0 saturated carbocycles. The number of hydrogen-bond acceptors (Lipinski definition) is 4. The summed E-state index contributed by atoms with van der Waals surface area (Å²) in [5, 5.41) is 0. The highest BCUT2D eigenvalue weighted by atomic mass is 16.6. The van der Waals surface area contributed by atoms with Crippen molar-refractivity contribution in [3.05, 3.63) is 29.8 Å². The lowest BCUT2D eigenvalue weighted by Crippen LogP contribution is -2.29. The van der Waals surface area contributed by atoms with Crippen LogP contribution >= 0.6 is 0 Å². The van der Waals surface area contributed by atoms with Crippen molar-refractivity contribution in [2.75, 3.05) is 13.7 Å². The Morgan fingerprint density at radius 1 is 1.32 bits per heavy atom. The summed E-state index contributed by atoms with van der Waals surface area (Å²) in [4.78, 5) is 11.8. The molecule has 0 fully saturated rings. The number of hydrogen-bond donors (Lipinski definition) is 0. The molecule has 0 aliphatic rings. The maximum atomic E-state index is 11.8. The summed E-state index contributed by atoms with van der Waals surface area (Å²) in [5.41, 5.74) is 1.01. The minimum absolute atomic E-state index is 0.304. The van der Waals surface area contributed by atoms with Gasteiger partial charge in [-0.25, -0.2) is 4.79 Å². The summed E-state index contributed by atoms with van der Waals surface area (Å²) in [6.45, 7) is 4.69. The largest absolute Gasteiger partial charge is 0.479 e. The summed E-state index contributed by atoms with van der Waals surface area (Å²) in [7, 11) is 1.64. The standard InChI is InChI=1S/C15H22O4/c1-4-7-14(15(16)18-5-2)19-13-9-6-8-12(10-13)11-17-3/h6,8-10,14H,4-5,7,11H2,1-3H3. The third kappa shape index (κ3) is 5.30. The van der Waals surface area contributed by atoms with Crippen molar-refractivity contribution >= 4 is 5.97 Å². The molecule has 19 heavy (non-hydrogen) atoms. The molecule has 0 saturated heterocycles. The third-order valence-electron chi connectivity index (χ3n) is 2.59. The van der Waals surface area contributed by atoms with Gasteiger partial charge >= 0.3 is 5.97 Å². The van der Waals surface area contributed by atoms with Crippen molar-refractivity contribution < 1.29 is 19.0 Å². The van der Waals surface area contributed by atoms with Gasteiger partial charge in [0.05, 0.1) is 13.2 Å². The van der Waals surface area contributed by atoms with Crippen LogP contribution < -0.4 is 4.74 Å². The van der Waals surface area contributed by atoms with Crippen molar-refractivity contribution in [2.24, 2.45) is 0 Å². The lowest BCUT2D eigenvalue weighted by atomic mass is 10.2. The lowest BCUT2D eigenvalue weighted by molar-refractivity contribution is -0.151. The molecule has 0 aromatic heterocycles. The van der Waals surface area contributed by atoms with Crippen LogP contribution in [-0.4, -0.2) is 25.8 Å². The number of ether oxygens (including phenoxy) is 3. The van der Waals surface area contributed by atoms with Crippen LogP contribution in [0.2, 0.25) is 0 Å². The van der Waals surface area contributed by atoms with Gasteiger partial charge in [0.1, 0.15) is 5.75 Å². The Bertz CT molecular complexity index is 389. The topological polar surface area (TPSA) is 44.8 Å². The van der Waals surface area contributed by atoms with Crippen molar-refractivity contribution in [2.45, 2.75) is 39.4 Å². The normalized spacial score (nSPS) is 11.9. The maximum Gasteiger partial charge on any atom is 0.347 e. The highest BCUT2D eigenvalue weighted by Crippen LogP contribution is 2.17. The molecule has 0 amide bonds. The van der Waals surface area contributed by atoms with E-state index in [9.17, 15) is 4.79 Å². The summed E-state index contributed by atoms with van der Waals surface area (Å²) in [6, 6.07) is 7.56. The average Bonchev–Trinajstić information content (AvgIpc) is 2.39. The molecule has 106 valence electrons. The second-order valence-corrected chi connectivity index (χ2v) is 4.23. The van der Waals surface area contributed by atoms with Crippen molar-refractivity contribution in [3.63, 3.8) is 0 Å². The van der Waals surface area contributed by atoms with Gasteiger partial charge in [0.2, 0.25) is 0 Å². The Balaban J connectivity index is 2.72. The molecule has 1 atom stereocenters. The van der Waals surface area contributed by atoms with E-state index in [0.717, 1.165) is 12.0 Å². The number of carbonyl (C=O) groups is 1. The average molecular weight is 266 g/mol. The van der Waals surface area contributed by atoms with Gasteiger partial charge in [-0.1, -0.05) is 25.5 Å². The van der Waals surface area contributed by atoms with E-state index in [-0.39, 0.29) is 5.97 Å². The van der Waals surface area contributed by atoms with Crippen molar-refractivity contribution in [1.82, 2.24) is 0 Å². The summed E-state index contributed by atoms with van der Waals surface area (Å²) >= 11 is 0. The number of rotatable bonds is 8. The lowest BCUT2D eigenvalue weighted by Gasteiger charge is -2.17. The molecular formula is C15H22O4. The zero-order chi connectivity index (χ0) is 14.1. The molecule has 1 unspecified atom stereocenters. The smallest absolute Gasteiger partial charge is 0.347 e. The fourth-order valence-electron chi connectivity index (χ4n) is 1.76. The molecule has 4 heteroatoms. The van der Waals surface area contributed by atoms with Crippen LogP contribution in [0.4, 0.5) is 0 Å². The molecular weight excluding hydrogens is 244 g/mol. The van der Waals surface area contributed by atoms with Gasteiger partial charge in [0.25, 0.3) is 0 Å². The van der Waals surface area contributed by atoms with Crippen LogP contribution in [0.3, 0.4) is 0 Å². The minimum Gasteiger partial charge on any atom is -0.479 e. The third-order valence-corrected chi connectivity index (χ3v) is 2.59.